The second-order valence-corrected chi connectivity index (χ2v) is 8.46. The molecule has 0 radical (unpaired) electrons. The summed E-state index contributed by atoms with van der Waals surface area (Å²) in [5.74, 6) is 0.583. The van der Waals surface area contributed by atoms with Crippen LogP contribution >= 0.6 is 15.9 Å². The maximum absolute atomic E-state index is 12.2. The number of pyridine rings is 2. The largest absolute Gasteiger partial charge is 0.444 e. The van der Waals surface area contributed by atoms with E-state index in [0.29, 0.717) is 37.7 Å². The average molecular weight is 450 g/mol. The fourth-order valence-electron chi connectivity index (χ4n) is 2.81. The maximum atomic E-state index is 12.2. The smallest absolute Gasteiger partial charge is 0.410 e. The van der Waals surface area contributed by atoms with Gasteiger partial charge in [-0.25, -0.2) is 9.78 Å². The van der Waals surface area contributed by atoms with E-state index in [1.807, 2.05) is 32.9 Å². The molecule has 9 heteroatoms. The normalized spacial score (nSPS) is 14.7. The molecule has 0 unspecified atom stereocenters. The van der Waals surface area contributed by atoms with E-state index in [-0.39, 0.29) is 11.7 Å². The Morgan fingerprint density at radius 3 is 2.57 bits per heavy atom. The molecule has 1 aliphatic heterocycles. The minimum atomic E-state index is -0.489. The van der Waals surface area contributed by atoms with Crippen molar-refractivity contribution in [1.82, 2.24) is 14.9 Å². The number of rotatable bonds is 3. The van der Waals surface area contributed by atoms with Gasteiger partial charge in [-0.05, 0) is 54.9 Å². The third-order valence-electron chi connectivity index (χ3n) is 4.18. The number of ether oxygens (including phenoxy) is 1. The molecule has 2 aromatic heterocycles. The molecule has 1 fully saturated rings. The highest BCUT2D eigenvalue weighted by molar-refractivity contribution is 9.10. The third kappa shape index (κ3) is 5.25. The van der Waals surface area contributed by atoms with Crippen LogP contribution in [0.25, 0.3) is 0 Å². The fourth-order valence-corrected chi connectivity index (χ4v) is 3.15. The van der Waals surface area contributed by atoms with Crippen molar-refractivity contribution in [3.05, 3.63) is 45.4 Å². The summed E-state index contributed by atoms with van der Waals surface area (Å²) in [7, 11) is 0. The first-order valence-electron chi connectivity index (χ1n) is 9.05. The second kappa shape index (κ2) is 8.22. The van der Waals surface area contributed by atoms with E-state index in [0.717, 1.165) is 10.2 Å². The minimum absolute atomic E-state index is 0.215. The number of hydrogen-bond donors (Lipinski definition) is 2. The molecule has 1 saturated heterocycles. The van der Waals surface area contributed by atoms with Gasteiger partial charge in [-0.15, -0.1) is 0 Å². The lowest BCUT2D eigenvalue weighted by atomic mass is 10.2. The molecular formula is C19H24BrN5O3. The van der Waals surface area contributed by atoms with Crippen molar-refractivity contribution in [2.45, 2.75) is 26.4 Å². The molecule has 1 amide bonds. The zero-order valence-corrected chi connectivity index (χ0v) is 17.7. The number of amides is 1. The van der Waals surface area contributed by atoms with Crippen molar-refractivity contribution >= 4 is 39.2 Å². The molecule has 0 aliphatic carbocycles. The fraction of sp³-hybridized carbons (Fsp3) is 0.421. The Morgan fingerprint density at radius 1 is 1.25 bits per heavy atom. The molecule has 0 spiro atoms. The van der Waals surface area contributed by atoms with E-state index in [2.05, 4.69) is 36.1 Å². The highest BCUT2D eigenvalue weighted by atomic mass is 79.9. The zero-order valence-electron chi connectivity index (χ0n) is 16.2. The van der Waals surface area contributed by atoms with Crippen LogP contribution in [0.15, 0.2) is 39.9 Å². The summed E-state index contributed by atoms with van der Waals surface area (Å²) >= 11 is 3.33. The van der Waals surface area contributed by atoms with Gasteiger partial charge in [0.1, 0.15) is 17.1 Å². The second-order valence-electron chi connectivity index (χ2n) is 7.54. The van der Waals surface area contributed by atoms with Crippen molar-refractivity contribution in [2.75, 3.05) is 36.4 Å². The number of piperazine rings is 1. The van der Waals surface area contributed by atoms with Crippen LogP contribution in [0, 0.1) is 0 Å². The zero-order chi connectivity index (χ0) is 20.3. The van der Waals surface area contributed by atoms with Crippen LogP contribution in [0.3, 0.4) is 0 Å². The van der Waals surface area contributed by atoms with Crippen LogP contribution in [0.2, 0.25) is 0 Å². The summed E-state index contributed by atoms with van der Waals surface area (Å²) in [6.07, 6.45) is 3.07. The lowest BCUT2D eigenvalue weighted by Crippen LogP contribution is -2.50. The maximum Gasteiger partial charge on any atom is 0.410 e. The molecule has 2 N–H and O–H groups in total. The first-order valence-corrected chi connectivity index (χ1v) is 9.85. The number of aromatic amines is 1. The molecule has 3 rings (SSSR count). The number of nitrogens with one attached hydrogen (secondary N) is 2. The lowest BCUT2D eigenvalue weighted by molar-refractivity contribution is 0.0240. The van der Waals surface area contributed by atoms with Gasteiger partial charge in [0.2, 0.25) is 0 Å². The number of H-pyrrole nitrogens is 1. The van der Waals surface area contributed by atoms with E-state index in [4.69, 9.17) is 4.74 Å². The summed E-state index contributed by atoms with van der Waals surface area (Å²) < 4.78 is 6.20. The Hall–Kier alpha value is -2.55. The minimum Gasteiger partial charge on any atom is -0.444 e. The van der Waals surface area contributed by atoms with Crippen molar-refractivity contribution in [2.24, 2.45) is 0 Å². The van der Waals surface area contributed by atoms with E-state index in [1.54, 1.807) is 23.4 Å². The average Bonchev–Trinajstić information content (AvgIpc) is 2.64. The number of aromatic nitrogens is 2. The van der Waals surface area contributed by atoms with Crippen LogP contribution in [-0.2, 0) is 4.74 Å². The molecule has 150 valence electrons. The molecule has 0 atom stereocenters. The van der Waals surface area contributed by atoms with E-state index in [9.17, 15) is 9.59 Å². The number of carbonyl (C=O) groups excluding carboxylic acids is 1. The van der Waals surface area contributed by atoms with Gasteiger partial charge in [-0.2, -0.15) is 0 Å². The Bertz CT molecular complexity index is 884. The van der Waals surface area contributed by atoms with Crippen LogP contribution in [-0.4, -0.2) is 52.7 Å². The standard InChI is InChI=1S/C19H24BrN5O3/c1-19(2,3)28-18(27)25-8-6-24(7-9-25)14-4-5-16(21-12-14)23-15-10-13(20)11-22-17(15)26/h4-5,10-12H,6-9H2,1-3H3,(H,21,23)(H,22,26). The quantitative estimate of drug-likeness (QED) is 0.746. The Morgan fingerprint density at radius 2 is 1.96 bits per heavy atom. The highest BCUT2D eigenvalue weighted by Gasteiger charge is 2.26. The summed E-state index contributed by atoms with van der Waals surface area (Å²) in [4.78, 5) is 34.9. The molecule has 3 heterocycles. The predicted octanol–water partition coefficient (Wildman–Crippen LogP) is 3.33. The predicted molar refractivity (Wildman–Crippen MR) is 112 cm³/mol. The van der Waals surface area contributed by atoms with Gasteiger partial charge in [-0.1, -0.05) is 0 Å². The van der Waals surface area contributed by atoms with Crippen LogP contribution in [0.1, 0.15) is 20.8 Å². The monoisotopic (exact) mass is 449 g/mol. The van der Waals surface area contributed by atoms with Gasteiger partial charge >= 0.3 is 6.09 Å². The van der Waals surface area contributed by atoms with Crippen molar-refractivity contribution in [3.63, 3.8) is 0 Å². The lowest BCUT2D eigenvalue weighted by Gasteiger charge is -2.36. The van der Waals surface area contributed by atoms with Crippen LogP contribution < -0.4 is 15.8 Å². The topological polar surface area (TPSA) is 90.6 Å². The van der Waals surface area contributed by atoms with Gasteiger partial charge in [-0.3, -0.25) is 4.79 Å². The molecular weight excluding hydrogens is 426 g/mol. The summed E-state index contributed by atoms with van der Waals surface area (Å²) in [6.45, 7) is 8.21. The number of halogens is 1. The van der Waals surface area contributed by atoms with E-state index >= 15 is 0 Å². The van der Waals surface area contributed by atoms with E-state index < -0.39 is 5.60 Å². The van der Waals surface area contributed by atoms with Crippen LogP contribution in [0.4, 0.5) is 22.0 Å². The van der Waals surface area contributed by atoms with Gasteiger partial charge in [0, 0.05) is 36.8 Å². The summed E-state index contributed by atoms with van der Waals surface area (Å²) in [5, 5.41) is 3.01. The van der Waals surface area contributed by atoms with Crippen molar-refractivity contribution < 1.29 is 9.53 Å². The molecule has 2 aromatic rings. The SMILES string of the molecule is CC(C)(C)OC(=O)N1CCN(c2ccc(Nc3cc(Br)c[nH]c3=O)nc2)CC1. The van der Waals surface area contributed by atoms with Gasteiger partial charge in [0.15, 0.2) is 0 Å². The first-order chi connectivity index (χ1) is 13.2. The van der Waals surface area contributed by atoms with Crippen LogP contribution in [0.5, 0.6) is 0 Å². The molecule has 8 nitrogen and oxygen atoms in total. The number of nitrogens with zero attached hydrogens (tertiary/aromatic N) is 3. The number of carbonyl (C=O) groups is 1. The molecule has 0 saturated carbocycles. The third-order valence-corrected chi connectivity index (χ3v) is 4.63. The Balaban J connectivity index is 1.58. The summed E-state index contributed by atoms with van der Waals surface area (Å²) in [6, 6.07) is 5.48. The number of anilines is 3. The Labute approximate surface area is 172 Å². The molecule has 0 aromatic carbocycles. The van der Waals surface area contributed by atoms with Gasteiger partial charge in [0.25, 0.3) is 5.56 Å². The molecule has 0 bridgehead atoms. The van der Waals surface area contributed by atoms with Crippen molar-refractivity contribution in [3.8, 4) is 0 Å². The summed E-state index contributed by atoms with van der Waals surface area (Å²) in [5.41, 5.74) is 0.683. The van der Waals surface area contributed by atoms with Gasteiger partial charge < -0.3 is 24.8 Å². The van der Waals surface area contributed by atoms with E-state index in [1.165, 1.54) is 0 Å². The van der Waals surface area contributed by atoms with Crippen molar-refractivity contribution in [1.29, 1.82) is 0 Å². The highest BCUT2D eigenvalue weighted by Crippen LogP contribution is 2.20. The molecule has 1 aliphatic rings. The molecule has 28 heavy (non-hydrogen) atoms. The Kier molecular flexibility index (Phi) is 5.93. The number of hydrogen-bond acceptors (Lipinski definition) is 6. The van der Waals surface area contributed by atoms with Gasteiger partial charge in [0.05, 0.1) is 11.9 Å². The first kappa shape index (κ1) is 20.2.